The summed E-state index contributed by atoms with van der Waals surface area (Å²) < 4.78 is 0. The maximum atomic E-state index is 2.43. The molecule has 0 bridgehead atoms. The predicted molar refractivity (Wildman–Crippen MR) is 257 cm³/mol. The van der Waals surface area contributed by atoms with Gasteiger partial charge in [0.2, 0.25) is 0 Å². The Morgan fingerprint density at radius 1 is 0.418 bits per heavy atom. The van der Waals surface area contributed by atoms with Gasteiger partial charge in [0.1, 0.15) is 0 Å². The van der Waals surface area contributed by atoms with Crippen LogP contribution in [0.2, 0.25) is 0 Å². The fourth-order valence-corrected chi connectivity index (χ4v) is 7.56. The molecule has 0 aliphatic heterocycles. The Labute approximate surface area is 348 Å². The molecule has 55 heavy (non-hydrogen) atoms. The lowest BCUT2D eigenvalue weighted by molar-refractivity contribution is 0.201. The molecule has 0 radical (unpaired) electrons. The fourth-order valence-electron chi connectivity index (χ4n) is 7.56. The summed E-state index contributed by atoms with van der Waals surface area (Å²) in [5.74, 6) is 5.32. The standard InChI is InChI=1S/C15H28.C15H16.C8H16.C8H10.2C3H8.3CH4/c2*1-12-3-7-14(8-4-12)11-15-9-5-13(2)6-10-15;2*1-2-8-6-4-3-5-7-8;2*1-3-2;;;/h12-15H,3-11H2,1-2H3;3-10H,11H2,1-2H3;8H,2-7H2,1H3;3-7H,2H2,1H3;2*3H2,1-2H3;3*1H4. The molecule has 0 amide bonds. The molecule has 3 fully saturated rings. The number of rotatable bonds is 6. The second-order valence-electron chi connectivity index (χ2n) is 16.8. The van der Waals surface area contributed by atoms with Crippen molar-refractivity contribution in [2.75, 3.05) is 0 Å². The van der Waals surface area contributed by atoms with Crippen molar-refractivity contribution in [3.63, 3.8) is 0 Å². The third-order valence-corrected chi connectivity index (χ3v) is 11.1. The van der Waals surface area contributed by atoms with Crippen molar-refractivity contribution in [3.05, 3.63) is 107 Å². The summed E-state index contributed by atoms with van der Waals surface area (Å²) >= 11 is 0. The summed E-state index contributed by atoms with van der Waals surface area (Å²) in [6, 6.07) is 28.0. The smallest absolute Gasteiger partial charge is 0.00258 e. The number of hydrogen-bond acceptors (Lipinski definition) is 0. The van der Waals surface area contributed by atoms with Crippen molar-refractivity contribution in [3.8, 4) is 0 Å². The van der Waals surface area contributed by atoms with Crippen molar-refractivity contribution in [2.24, 2.45) is 29.6 Å². The summed E-state index contributed by atoms with van der Waals surface area (Å²) in [6.45, 7) is 22.1. The molecule has 3 aromatic carbocycles. The van der Waals surface area contributed by atoms with Gasteiger partial charge in [0.15, 0.2) is 0 Å². The average Bonchev–Trinajstić information content (AvgIpc) is 3.17. The topological polar surface area (TPSA) is 0 Å². The summed E-state index contributed by atoms with van der Waals surface area (Å²) in [5.41, 5.74) is 6.81. The largest absolute Gasteiger partial charge is 0.0776 e. The van der Waals surface area contributed by atoms with Gasteiger partial charge in [-0.3, -0.25) is 0 Å². The van der Waals surface area contributed by atoms with Crippen molar-refractivity contribution in [1.29, 1.82) is 0 Å². The van der Waals surface area contributed by atoms with E-state index in [0.717, 1.165) is 42.4 Å². The fraction of sp³-hybridized carbons (Fsp3) is 0.673. The highest BCUT2D eigenvalue weighted by Crippen LogP contribution is 2.38. The third kappa shape index (κ3) is 29.6. The van der Waals surface area contributed by atoms with E-state index < -0.39 is 0 Å². The van der Waals surface area contributed by atoms with Gasteiger partial charge >= 0.3 is 0 Å². The second kappa shape index (κ2) is 37.2. The van der Waals surface area contributed by atoms with E-state index in [9.17, 15) is 0 Å². The predicted octanol–water partition coefficient (Wildman–Crippen LogP) is 18.9. The molecule has 0 heteroatoms. The zero-order valence-electron chi connectivity index (χ0n) is 36.3. The molecule has 0 aromatic heterocycles. The molecule has 318 valence electrons. The second-order valence-corrected chi connectivity index (χ2v) is 16.8. The van der Waals surface area contributed by atoms with E-state index in [1.54, 1.807) is 6.42 Å². The minimum Gasteiger partial charge on any atom is -0.0776 e. The Morgan fingerprint density at radius 2 is 0.782 bits per heavy atom. The molecule has 3 aliphatic carbocycles. The van der Waals surface area contributed by atoms with Crippen molar-refractivity contribution < 1.29 is 0 Å². The van der Waals surface area contributed by atoms with Gasteiger partial charge in [-0.25, -0.2) is 0 Å². The minimum atomic E-state index is 0. The highest BCUT2D eigenvalue weighted by atomic mass is 14.3. The molecule has 0 spiro atoms. The van der Waals surface area contributed by atoms with E-state index in [-0.39, 0.29) is 22.3 Å². The maximum absolute atomic E-state index is 2.43. The van der Waals surface area contributed by atoms with Crippen LogP contribution in [0.3, 0.4) is 0 Å². The van der Waals surface area contributed by atoms with Crippen molar-refractivity contribution >= 4 is 0 Å². The summed E-state index contributed by atoms with van der Waals surface area (Å²) in [5, 5.41) is 0. The summed E-state index contributed by atoms with van der Waals surface area (Å²) in [6.07, 6.45) is 27.3. The summed E-state index contributed by atoms with van der Waals surface area (Å²) in [4.78, 5) is 0. The molecular formula is C55H98. The lowest BCUT2D eigenvalue weighted by Gasteiger charge is -2.32. The molecule has 6 rings (SSSR count). The first kappa shape index (κ1) is 57.0. The molecular weight excluding hydrogens is 661 g/mol. The van der Waals surface area contributed by atoms with Gasteiger partial charge in [0.25, 0.3) is 0 Å². The SMILES string of the molecule is C.C.C.CC1CCC(CC2CCC(C)CC2)CC1.CCC.CCC.CCC1CCCCC1.CCc1ccccc1.Cc1ccc(Cc2ccc(C)cc2)cc1. The molecule has 0 heterocycles. The normalized spacial score (nSPS) is 19.9. The number of hydrogen-bond donors (Lipinski definition) is 0. The Balaban J connectivity index is -0.000000633. The van der Waals surface area contributed by atoms with Crippen molar-refractivity contribution in [2.45, 2.75) is 214 Å². The number of aryl methyl sites for hydroxylation is 3. The van der Waals surface area contributed by atoms with Crippen LogP contribution in [-0.2, 0) is 12.8 Å². The van der Waals surface area contributed by atoms with E-state index in [2.05, 4.69) is 142 Å². The lowest BCUT2D eigenvalue weighted by atomic mass is 9.74. The quantitative estimate of drug-likeness (QED) is 0.235. The molecule has 0 nitrogen and oxygen atoms in total. The van der Waals surface area contributed by atoms with Gasteiger partial charge in [-0.1, -0.05) is 270 Å². The Morgan fingerprint density at radius 3 is 1.07 bits per heavy atom. The average molecular weight is 759 g/mol. The molecule has 3 aliphatic rings. The molecule has 3 saturated carbocycles. The highest BCUT2D eigenvalue weighted by Gasteiger charge is 2.24. The number of benzene rings is 3. The first-order valence-corrected chi connectivity index (χ1v) is 22.3. The van der Waals surface area contributed by atoms with Gasteiger partial charge in [0.05, 0.1) is 0 Å². The first-order chi connectivity index (χ1) is 25.2. The van der Waals surface area contributed by atoms with Crippen LogP contribution in [0.5, 0.6) is 0 Å². The van der Waals surface area contributed by atoms with Crippen LogP contribution in [0.1, 0.15) is 215 Å². The van der Waals surface area contributed by atoms with Crippen LogP contribution in [0.4, 0.5) is 0 Å². The van der Waals surface area contributed by atoms with Gasteiger partial charge in [-0.05, 0) is 79.4 Å². The monoisotopic (exact) mass is 759 g/mol. The molecule has 0 N–H and O–H groups in total. The van der Waals surface area contributed by atoms with Crippen LogP contribution in [0.25, 0.3) is 0 Å². The van der Waals surface area contributed by atoms with E-state index in [1.165, 1.54) is 131 Å². The zero-order valence-corrected chi connectivity index (χ0v) is 36.3. The van der Waals surface area contributed by atoms with Crippen LogP contribution < -0.4 is 0 Å². The Kier molecular flexibility index (Phi) is 38.6. The third-order valence-electron chi connectivity index (χ3n) is 11.1. The lowest BCUT2D eigenvalue weighted by Crippen LogP contribution is -2.19. The minimum absolute atomic E-state index is 0. The van der Waals surface area contributed by atoms with Crippen LogP contribution in [0.15, 0.2) is 78.9 Å². The molecule has 0 unspecified atom stereocenters. The summed E-state index contributed by atoms with van der Waals surface area (Å²) in [7, 11) is 0. The van der Waals surface area contributed by atoms with Crippen LogP contribution in [-0.4, -0.2) is 0 Å². The van der Waals surface area contributed by atoms with Gasteiger partial charge in [-0.2, -0.15) is 0 Å². The van der Waals surface area contributed by atoms with Gasteiger partial charge in [-0.15, -0.1) is 0 Å². The van der Waals surface area contributed by atoms with E-state index in [4.69, 9.17) is 0 Å². The Bertz CT molecular complexity index is 1090. The molecule has 0 atom stereocenters. The van der Waals surface area contributed by atoms with E-state index in [0.29, 0.717) is 0 Å². The van der Waals surface area contributed by atoms with Crippen LogP contribution in [0, 0.1) is 43.4 Å². The highest BCUT2D eigenvalue weighted by molar-refractivity contribution is 5.29. The van der Waals surface area contributed by atoms with Gasteiger partial charge < -0.3 is 0 Å². The first-order valence-electron chi connectivity index (χ1n) is 22.3. The van der Waals surface area contributed by atoms with Crippen molar-refractivity contribution in [1.82, 2.24) is 0 Å². The zero-order chi connectivity index (χ0) is 38.4. The van der Waals surface area contributed by atoms with E-state index in [1.807, 2.05) is 6.07 Å². The van der Waals surface area contributed by atoms with E-state index >= 15 is 0 Å². The van der Waals surface area contributed by atoms with Crippen LogP contribution >= 0.6 is 0 Å². The Hall–Kier alpha value is -2.34. The molecule has 0 saturated heterocycles. The molecule has 3 aromatic rings. The maximum Gasteiger partial charge on any atom is -0.00258 e. The van der Waals surface area contributed by atoms with Gasteiger partial charge in [0, 0.05) is 0 Å².